The largest absolute Gasteiger partial charge is 0.491 e. The van der Waals surface area contributed by atoms with Crippen LogP contribution in [0.2, 0.25) is 0 Å². The zero-order chi connectivity index (χ0) is 9.84. The molecule has 1 rings (SSSR count). The Labute approximate surface area is 91.3 Å². The molecule has 0 fully saturated rings. The molecule has 0 atom stereocenters. The lowest BCUT2D eigenvalue weighted by atomic mass is 10.3. The zero-order valence-corrected chi connectivity index (χ0v) is 9.66. The monoisotopic (exact) mass is 314 g/mol. The number of hydrogen-bond donors (Lipinski definition) is 0. The number of rotatable bonds is 3. The zero-order valence-electron chi connectivity index (χ0n) is 6.49. The Kier molecular flexibility index (Phi) is 4.12. The molecule has 0 aromatic heterocycles. The number of halogens is 4. The predicted molar refractivity (Wildman–Crippen MR) is 53.3 cm³/mol. The summed E-state index contributed by atoms with van der Waals surface area (Å²) in [6, 6.07) is 1.93. The van der Waals surface area contributed by atoms with E-state index in [2.05, 4.69) is 31.9 Å². The van der Waals surface area contributed by atoms with Gasteiger partial charge in [-0.05, 0) is 15.9 Å². The van der Waals surface area contributed by atoms with Gasteiger partial charge in [0.05, 0.1) is 11.1 Å². The molecule has 72 valence electrons. The van der Waals surface area contributed by atoms with Crippen LogP contribution in [0.15, 0.2) is 16.6 Å². The minimum atomic E-state index is -0.662. The molecule has 0 bridgehead atoms. The first kappa shape index (κ1) is 10.9. The highest BCUT2D eigenvalue weighted by atomic mass is 79.9. The second-order valence-corrected chi connectivity index (χ2v) is 3.82. The first-order chi connectivity index (χ1) is 6.15. The van der Waals surface area contributed by atoms with Gasteiger partial charge in [0, 0.05) is 17.5 Å². The summed E-state index contributed by atoms with van der Waals surface area (Å²) in [6.45, 7) is 0.363. The van der Waals surface area contributed by atoms with Crippen LogP contribution in [0.25, 0.3) is 0 Å². The molecule has 0 aliphatic rings. The summed E-state index contributed by atoms with van der Waals surface area (Å²) in [6.07, 6.45) is 0. The van der Waals surface area contributed by atoms with Crippen molar-refractivity contribution in [1.82, 2.24) is 0 Å². The topological polar surface area (TPSA) is 9.23 Å². The summed E-state index contributed by atoms with van der Waals surface area (Å²) in [4.78, 5) is 0. The Morgan fingerprint density at radius 2 is 2.00 bits per heavy atom. The van der Waals surface area contributed by atoms with Gasteiger partial charge in [-0.25, -0.2) is 8.78 Å². The van der Waals surface area contributed by atoms with Crippen LogP contribution >= 0.6 is 31.9 Å². The third-order valence-corrected chi connectivity index (χ3v) is 2.39. The van der Waals surface area contributed by atoms with Crippen molar-refractivity contribution in [3.05, 3.63) is 28.2 Å². The molecule has 5 heteroatoms. The quantitative estimate of drug-likeness (QED) is 0.613. The van der Waals surface area contributed by atoms with Gasteiger partial charge < -0.3 is 4.74 Å². The van der Waals surface area contributed by atoms with E-state index in [4.69, 9.17) is 4.74 Å². The predicted octanol–water partition coefficient (Wildman–Crippen LogP) is 3.50. The molecule has 0 aliphatic carbocycles. The van der Waals surface area contributed by atoms with Gasteiger partial charge in [0.1, 0.15) is 17.4 Å². The summed E-state index contributed by atoms with van der Waals surface area (Å²) >= 11 is 6.10. The summed E-state index contributed by atoms with van der Waals surface area (Å²) in [5.74, 6) is -1.13. The van der Waals surface area contributed by atoms with E-state index >= 15 is 0 Å². The Balaban J connectivity index is 2.92. The van der Waals surface area contributed by atoms with Crippen LogP contribution in [0.4, 0.5) is 8.78 Å². The molecule has 0 radical (unpaired) electrons. The summed E-state index contributed by atoms with van der Waals surface area (Å²) in [5, 5.41) is 0.609. The Hall–Kier alpha value is -0.160. The third kappa shape index (κ3) is 2.91. The molecule has 1 aromatic rings. The molecule has 0 saturated heterocycles. The van der Waals surface area contributed by atoms with Gasteiger partial charge in [0.2, 0.25) is 0 Å². The highest BCUT2D eigenvalue weighted by molar-refractivity contribution is 9.10. The molecule has 0 saturated carbocycles. The number of benzene rings is 1. The molecule has 1 aromatic carbocycles. The lowest BCUT2D eigenvalue weighted by Crippen LogP contribution is -1.99. The molecule has 1 nitrogen and oxygen atoms in total. The van der Waals surface area contributed by atoms with Crippen molar-refractivity contribution in [3.8, 4) is 5.75 Å². The average Bonchev–Trinajstić information content (AvgIpc) is 2.09. The molecule has 0 heterocycles. The second-order valence-electron chi connectivity index (χ2n) is 2.24. The van der Waals surface area contributed by atoms with Crippen LogP contribution in [0.5, 0.6) is 5.75 Å². The summed E-state index contributed by atoms with van der Waals surface area (Å²) in [5.41, 5.74) is 0. The van der Waals surface area contributed by atoms with E-state index in [0.717, 1.165) is 12.1 Å². The van der Waals surface area contributed by atoms with Gasteiger partial charge in [-0.3, -0.25) is 0 Å². The summed E-state index contributed by atoms with van der Waals surface area (Å²) < 4.78 is 30.8. The van der Waals surface area contributed by atoms with Crippen LogP contribution in [0, 0.1) is 11.6 Å². The molecular weight excluding hydrogens is 310 g/mol. The highest BCUT2D eigenvalue weighted by Crippen LogP contribution is 2.28. The van der Waals surface area contributed by atoms with Crippen molar-refractivity contribution in [1.29, 1.82) is 0 Å². The summed E-state index contributed by atoms with van der Waals surface area (Å²) in [7, 11) is 0. The Morgan fingerprint density at radius 1 is 1.31 bits per heavy atom. The first-order valence-corrected chi connectivity index (χ1v) is 5.40. The number of ether oxygens (including phenoxy) is 1. The number of hydrogen-bond acceptors (Lipinski definition) is 1. The van der Waals surface area contributed by atoms with Gasteiger partial charge >= 0.3 is 0 Å². The van der Waals surface area contributed by atoms with E-state index in [-0.39, 0.29) is 10.2 Å². The van der Waals surface area contributed by atoms with Gasteiger partial charge in [0.15, 0.2) is 0 Å². The van der Waals surface area contributed by atoms with Crippen LogP contribution < -0.4 is 4.74 Å². The van der Waals surface area contributed by atoms with E-state index in [1.807, 2.05) is 0 Å². The fraction of sp³-hybridized carbons (Fsp3) is 0.250. The smallest absolute Gasteiger partial charge is 0.144 e. The van der Waals surface area contributed by atoms with Crippen molar-refractivity contribution >= 4 is 31.9 Å². The van der Waals surface area contributed by atoms with Crippen LogP contribution in [0.3, 0.4) is 0 Å². The average molecular weight is 316 g/mol. The third-order valence-electron chi connectivity index (χ3n) is 1.29. The van der Waals surface area contributed by atoms with Crippen molar-refractivity contribution in [3.63, 3.8) is 0 Å². The van der Waals surface area contributed by atoms with Gasteiger partial charge in [0.25, 0.3) is 0 Å². The van der Waals surface area contributed by atoms with E-state index in [1.54, 1.807) is 0 Å². The molecular formula is C8H6Br2F2O. The first-order valence-electron chi connectivity index (χ1n) is 3.48. The lowest BCUT2D eigenvalue weighted by molar-refractivity contribution is 0.337. The number of alkyl halides is 1. The van der Waals surface area contributed by atoms with Crippen LogP contribution in [-0.4, -0.2) is 11.9 Å². The Bertz CT molecular complexity index is 304. The molecule has 0 unspecified atom stereocenters. The van der Waals surface area contributed by atoms with Gasteiger partial charge in [-0.1, -0.05) is 15.9 Å². The Morgan fingerprint density at radius 3 is 2.62 bits per heavy atom. The fourth-order valence-corrected chi connectivity index (χ4v) is 1.29. The standard InChI is InChI=1S/C8H6Br2F2O/c9-1-2-13-7-4-5(11)3-6(12)8(7)10/h3-4H,1-2H2. The van der Waals surface area contributed by atoms with Gasteiger partial charge in [-0.15, -0.1) is 0 Å². The van der Waals surface area contributed by atoms with Crippen molar-refractivity contribution in [2.75, 3.05) is 11.9 Å². The van der Waals surface area contributed by atoms with E-state index in [1.165, 1.54) is 0 Å². The van der Waals surface area contributed by atoms with Crippen LogP contribution in [-0.2, 0) is 0 Å². The maximum absolute atomic E-state index is 12.9. The van der Waals surface area contributed by atoms with E-state index in [9.17, 15) is 8.78 Å². The van der Waals surface area contributed by atoms with E-state index < -0.39 is 11.6 Å². The van der Waals surface area contributed by atoms with E-state index in [0.29, 0.717) is 11.9 Å². The molecule has 0 N–H and O–H groups in total. The minimum Gasteiger partial charge on any atom is -0.491 e. The van der Waals surface area contributed by atoms with Crippen molar-refractivity contribution in [2.24, 2.45) is 0 Å². The normalized spacial score (nSPS) is 10.2. The minimum absolute atomic E-state index is 0.148. The molecule has 0 amide bonds. The second kappa shape index (κ2) is 4.91. The SMILES string of the molecule is Fc1cc(F)c(Br)c(OCCBr)c1. The lowest BCUT2D eigenvalue weighted by Gasteiger charge is -2.06. The molecule has 0 aliphatic heterocycles. The maximum Gasteiger partial charge on any atom is 0.144 e. The highest BCUT2D eigenvalue weighted by Gasteiger charge is 2.09. The molecule has 0 spiro atoms. The van der Waals surface area contributed by atoms with Crippen molar-refractivity contribution in [2.45, 2.75) is 0 Å². The van der Waals surface area contributed by atoms with Gasteiger partial charge in [-0.2, -0.15) is 0 Å². The van der Waals surface area contributed by atoms with Crippen LogP contribution in [0.1, 0.15) is 0 Å². The van der Waals surface area contributed by atoms with Crippen molar-refractivity contribution < 1.29 is 13.5 Å². The maximum atomic E-state index is 12.9. The molecule has 13 heavy (non-hydrogen) atoms. The fourth-order valence-electron chi connectivity index (χ4n) is 0.786.